The van der Waals surface area contributed by atoms with Crippen molar-refractivity contribution >= 4 is 12.4 Å². The molecule has 2 rings (SSSR count). The second kappa shape index (κ2) is 10.7. The Morgan fingerprint density at radius 2 is 1.82 bits per heavy atom. The highest BCUT2D eigenvalue weighted by atomic mass is 35.5. The van der Waals surface area contributed by atoms with Gasteiger partial charge in [0.15, 0.2) is 11.5 Å². The zero-order chi connectivity index (χ0) is 14.9. The van der Waals surface area contributed by atoms with Crippen molar-refractivity contribution in [3.63, 3.8) is 0 Å². The van der Waals surface area contributed by atoms with E-state index in [1.807, 2.05) is 24.3 Å². The first-order chi connectivity index (χ1) is 10.3. The predicted octanol–water partition coefficient (Wildman–Crippen LogP) is 2.96. The molecule has 1 fully saturated rings. The van der Waals surface area contributed by atoms with Gasteiger partial charge in [-0.15, -0.1) is 12.4 Å². The molecule has 0 bridgehead atoms. The molecule has 0 aliphatic carbocycles. The van der Waals surface area contributed by atoms with Crippen molar-refractivity contribution in [3.8, 4) is 11.5 Å². The van der Waals surface area contributed by atoms with Gasteiger partial charge in [-0.3, -0.25) is 4.90 Å². The van der Waals surface area contributed by atoms with Gasteiger partial charge in [0.1, 0.15) is 6.61 Å². The van der Waals surface area contributed by atoms with Crippen LogP contribution < -0.4 is 14.8 Å². The van der Waals surface area contributed by atoms with Gasteiger partial charge in [0.2, 0.25) is 0 Å². The van der Waals surface area contributed by atoms with E-state index in [-0.39, 0.29) is 12.4 Å². The fraction of sp³-hybridized carbons (Fsp3) is 0.647. The lowest BCUT2D eigenvalue weighted by molar-refractivity contribution is 0.134. The standard InChI is InChI=1S/C17H28N2O2.ClH/c1-3-12-19(15-8-10-18-11-9-15)13-14-21-17-7-5-4-6-16(17)20-2;/h4-7,15,18H,3,8-14H2,1-2H3;1H. The molecule has 5 heteroatoms. The number of hydrogen-bond acceptors (Lipinski definition) is 4. The molecule has 0 saturated carbocycles. The van der Waals surface area contributed by atoms with Gasteiger partial charge < -0.3 is 14.8 Å². The van der Waals surface area contributed by atoms with Crippen LogP contribution in [0.25, 0.3) is 0 Å². The van der Waals surface area contributed by atoms with E-state index < -0.39 is 0 Å². The minimum absolute atomic E-state index is 0. The molecule has 4 nitrogen and oxygen atoms in total. The number of piperidine rings is 1. The van der Waals surface area contributed by atoms with Crippen LogP contribution in [-0.2, 0) is 0 Å². The fourth-order valence-electron chi connectivity index (χ4n) is 2.95. The summed E-state index contributed by atoms with van der Waals surface area (Å²) in [6, 6.07) is 8.55. The zero-order valence-corrected chi connectivity index (χ0v) is 14.5. The van der Waals surface area contributed by atoms with Crippen molar-refractivity contribution in [2.24, 2.45) is 0 Å². The molecule has 0 spiro atoms. The number of benzene rings is 1. The molecule has 1 heterocycles. The fourth-order valence-corrected chi connectivity index (χ4v) is 2.95. The summed E-state index contributed by atoms with van der Waals surface area (Å²) in [6.45, 7) is 7.37. The molecule has 22 heavy (non-hydrogen) atoms. The van der Waals surface area contributed by atoms with Gasteiger partial charge in [-0.05, 0) is 51.0 Å². The number of rotatable bonds is 8. The molecule has 1 aliphatic rings. The quantitative estimate of drug-likeness (QED) is 0.795. The highest BCUT2D eigenvalue weighted by Gasteiger charge is 2.20. The normalized spacial score (nSPS) is 15.4. The van der Waals surface area contributed by atoms with Crippen LogP contribution in [0.3, 0.4) is 0 Å². The van der Waals surface area contributed by atoms with Gasteiger partial charge in [-0.1, -0.05) is 19.1 Å². The summed E-state index contributed by atoms with van der Waals surface area (Å²) in [4.78, 5) is 2.58. The van der Waals surface area contributed by atoms with Crippen molar-refractivity contribution in [2.75, 3.05) is 39.9 Å². The summed E-state index contributed by atoms with van der Waals surface area (Å²) in [7, 11) is 1.68. The Hall–Kier alpha value is -0.970. The van der Waals surface area contributed by atoms with Crippen molar-refractivity contribution in [1.29, 1.82) is 0 Å². The Bertz CT molecular complexity index is 411. The van der Waals surface area contributed by atoms with E-state index in [4.69, 9.17) is 9.47 Å². The SMILES string of the molecule is CCCN(CCOc1ccccc1OC)C1CCNCC1.Cl. The summed E-state index contributed by atoms with van der Waals surface area (Å²) >= 11 is 0. The van der Waals surface area contributed by atoms with Gasteiger partial charge in [-0.25, -0.2) is 0 Å². The highest BCUT2D eigenvalue weighted by Crippen LogP contribution is 2.25. The number of hydrogen-bond donors (Lipinski definition) is 1. The number of nitrogens with one attached hydrogen (secondary N) is 1. The Morgan fingerprint density at radius 3 is 2.45 bits per heavy atom. The molecule has 126 valence electrons. The maximum Gasteiger partial charge on any atom is 0.161 e. The zero-order valence-electron chi connectivity index (χ0n) is 13.7. The van der Waals surface area contributed by atoms with Crippen LogP contribution in [0.5, 0.6) is 11.5 Å². The lowest BCUT2D eigenvalue weighted by Gasteiger charge is -2.34. The van der Waals surface area contributed by atoms with E-state index in [1.54, 1.807) is 7.11 Å². The van der Waals surface area contributed by atoms with Crippen LogP contribution in [0.15, 0.2) is 24.3 Å². The minimum atomic E-state index is 0. The van der Waals surface area contributed by atoms with Gasteiger partial charge in [-0.2, -0.15) is 0 Å². The molecule has 0 aromatic heterocycles. The van der Waals surface area contributed by atoms with Crippen LogP contribution in [0.2, 0.25) is 0 Å². The van der Waals surface area contributed by atoms with E-state index in [9.17, 15) is 0 Å². The Labute approximate surface area is 140 Å². The number of nitrogens with zero attached hydrogens (tertiary/aromatic N) is 1. The highest BCUT2D eigenvalue weighted by molar-refractivity contribution is 5.85. The van der Waals surface area contributed by atoms with Crippen LogP contribution in [0, 0.1) is 0 Å². The van der Waals surface area contributed by atoms with Crippen molar-refractivity contribution in [1.82, 2.24) is 10.2 Å². The van der Waals surface area contributed by atoms with Crippen molar-refractivity contribution in [3.05, 3.63) is 24.3 Å². The molecule has 1 aromatic rings. The monoisotopic (exact) mass is 328 g/mol. The summed E-state index contributed by atoms with van der Waals surface area (Å²) in [6.07, 6.45) is 3.68. The van der Waals surface area contributed by atoms with Crippen molar-refractivity contribution in [2.45, 2.75) is 32.2 Å². The average Bonchev–Trinajstić information content (AvgIpc) is 2.55. The van der Waals surface area contributed by atoms with E-state index in [0.29, 0.717) is 12.6 Å². The molecule has 1 aliphatic heterocycles. The third-order valence-corrected chi connectivity index (χ3v) is 4.04. The summed E-state index contributed by atoms with van der Waals surface area (Å²) in [5.41, 5.74) is 0. The molecule has 0 amide bonds. The Balaban J connectivity index is 0.00000242. The largest absolute Gasteiger partial charge is 0.493 e. The molecular formula is C17H29ClN2O2. The van der Waals surface area contributed by atoms with Crippen LogP contribution >= 0.6 is 12.4 Å². The van der Waals surface area contributed by atoms with Crippen molar-refractivity contribution < 1.29 is 9.47 Å². The maximum atomic E-state index is 5.91. The first kappa shape index (κ1) is 19.1. The minimum Gasteiger partial charge on any atom is -0.493 e. The van der Waals surface area contributed by atoms with Crippen LogP contribution in [-0.4, -0.2) is 50.8 Å². The predicted molar refractivity (Wildman–Crippen MR) is 93.5 cm³/mol. The summed E-state index contributed by atoms with van der Waals surface area (Å²) < 4.78 is 11.2. The number of ether oxygens (including phenoxy) is 2. The lowest BCUT2D eigenvalue weighted by Crippen LogP contribution is -2.45. The van der Waals surface area contributed by atoms with E-state index in [2.05, 4.69) is 17.1 Å². The second-order valence-electron chi connectivity index (χ2n) is 5.52. The first-order valence-corrected chi connectivity index (χ1v) is 8.05. The average molecular weight is 329 g/mol. The van der Waals surface area contributed by atoms with Crippen LogP contribution in [0.4, 0.5) is 0 Å². The van der Waals surface area contributed by atoms with E-state index >= 15 is 0 Å². The smallest absolute Gasteiger partial charge is 0.161 e. The molecular weight excluding hydrogens is 300 g/mol. The third-order valence-electron chi connectivity index (χ3n) is 4.04. The second-order valence-corrected chi connectivity index (χ2v) is 5.52. The summed E-state index contributed by atoms with van der Waals surface area (Å²) in [5, 5.41) is 3.43. The topological polar surface area (TPSA) is 33.7 Å². The molecule has 0 unspecified atom stereocenters. The number of halogens is 1. The van der Waals surface area contributed by atoms with Gasteiger partial charge >= 0.3 is 0 Å². The van der Waals surface area contributed by atoms with E-state index in [0.717, 1.165) is 37.7 Å². The maximum absolute atomic E-state index is 5.91. The third kappa shape index (κ3) is 5.67. The molecule has 1 aromatic carbocycles. The molecule has 1 saturated heterocycles. The van der Waals surface area contributed by atoms with Crippen LogP contribution in [0.1, 0.15) is 26.2 Å². The molecule has 0 radical (unpaired) electrons. The van der Waals surface area contributed by atoms with E-state index in [1.165, 1.54) is 19.3 Å². The number of para-hydroxylation sites is 2. The Morgan fingerprint density at radius 1 is 1.14 bits per heavy atom. The molecule has 1 N–H and O–H groups in total. The summed E-state index contributed by atoms with van der Waals surface area (Å²) in [5.74, 6) is 1.64. The molecule has 0 atom stereocenters. The first-order valence-electron chi connectivity index (χ1n) is 8.05. The number of methoxy groups -OCH3 is 1. The van der Waals surface area contributed by atoms with Gasteiger partial charge in [0.25, 0.3) is 0 Å². The van der Waals surface area contributed by atoms with Gasteiger partial charge in [0, 0.05) is 12.6 Å². The van der Waals surface area contributed by atoms with Gasteiger partial charge in [0.05, 0.1) is 7.11 Å². The Kier molecular flexibility index (Phi) is 9.28. The lowest BCUT2D eigenvalue weighted by atomic mass is 10.0.